The molecule has 2 aromatic heterocycles. The normalized spacial score (nSPS) is 22.0. The monoisotopic (exact) mass is 784 g/mol. The number of aromatic amines is 2. The molecule has 2 saturated heterocycles. The number of likely N-dealkylation sites (tertiary alicyclic amines) is 2. The average Bonchev–Trinajstić information content (AvgIpc) is 3.89. The van der Waals surface area contributed by atoms with Crippen LogP contribution in [0.4, 0.5) is 9.59 Å². The van der Waals surface area contributed by atoms with Gasteiger partial charge in [0.05, 0.1) is 50.1 Å². The summed E-state index contributed by atoms with van der Waals surface area (Å²) in [5, 5.41) is 7.44. The van der Waals surface area contributed by atoms with Crippen LogP contribution in [0.25, 0.3) is 44.4 Å². The number of nitrogens with zero attached hydrogens (tertiary/aromatic N) is 4. The molecule has 300 valence electrons. The Morgan fingerprint density at radius 1 is 0.828 bits per heavy atom. The van der Waals surface area contributed by atoms with E-state index in [9.17, 15) is 19.2 Å². The predicted molar refractivity (Wildman–Crippen MR) is 216 cm³/mol. The van der Waals surface area contributed by atoms with Gasteiger partial charge in [-0.1, -0.05) is 55.5 Å². The summed E-state index contributed by atoms with van der Waals surface area (Å²) in [4.78, 5) is 70.8. The summed E-state index contributed by atoms with van der Waals surface area (Å²) in [6, 6.07) is 20.4. The topological polar surface area (TPSA) is 175 Å². The second kappa shape index (κ2) is 15.0. The summed E-state index contributed by atoms with van der Waals surface area (Å²) in [6.45, 7) is 2.45. The lowest BCUT2D eigenvalue weighted by Gasteiger charge is -2.34. The van der Waals surface area contributed by atoms with E-state index in [4.69, 9.17) is 14.7 Å². The van der Waals surface area contributed by atoms with Gasteiger partial charge in [0.15, 0.2) is 0 Å². The molecule has 9 rings (SSSR count). The number of carbonyl (C=O) groups excluding carboxylic acids is 4. The van der Waals surface area contributed by atoms with E-state index in [0.29, 0.717) is 18.9 Å². The summed E-state index contributed by atoms with van der Waals surface area (Å²) in [5.74, 6) is 1.64. The number of nitrogens with one attached hydrogen (secondary N) is 4. The Kier molecular flexibility index (Phi) is 9.65. The zero-order valence-electron chi connectivity index (χ0n) is 32.9. The molecule has 2 saturated carbocycles. The minimum absolute atomic E-state index is 0.104. The molecule has 4 N–H and O–H groups in total. The highest BCUT2D eigenvalue weighted by Crippen LogP contribution is 2.58. The van der Waals surface area contributed by atoms with E-state index >= 15 is 0 Å². The first-order chi connectivity index (χ1) is 28.2. The number of carbonyl (C=O) groups is 4. The maximum absolute atomic E-state index is 13.7. The van der Waals surface area contributed by atoms with Crippen molar-refractivity contribution in [1.82, 2.24) is 40.4 Å². The van der Waals surface area contributed by atoms with Crippen LogP contribution in [-0.4, -0.2) is 93.1 Å². The van der Waals surface area contributed by atoms with Crippen molar-refractivity contribution in [2.45, 2.75) is 76.0 Å². The Bertz CT molecular complexity index is 2380. The Hall–Kier alpha value is -6.18. The SMILES string of the molecule is CC[C@H](NC(=O)OC)C(=O)N1CC2(CC2)C[C@H]1c1ncc(-c2ccc3cc(-c4ccc(-c5cnc(C6C7CCC(C7)N6C(=O)CNC(=O)OC)[nH]5)cc4)ccc3c2)[nH]1. The lowest BCUT2D eigenvalue weighted by molar-refractivity contribution is -0.135. The van der Waals surface area contributed by atoms with Crippen LogP contribution in [0.3, 0.4) is 0 Å². The first kappa shape index (κ1) is 37.4. The number of methoxy groups -OCH3 is 2. The van der Waals surface area contributed by atoms with Gasteiger partial charge < -0.3 is 39.9 Å². The van der Waals surface area contributed by atoms with E-state index < -0.39 is 18.2 Å². The van der Waals surface area contributed by atoms with Crippen LogP contribution in [0.1, 0.15) is 75.6 Å². The van der Waals surface area contributed by atoms with Crippen molar-refractivity contribution in [3.05, 3.63) is 84.7 Å². The fourth-order valence-electron chi connectivity index (χ4n) is 9.54. The first-order valence-electron chi connectivity index (χ1n) is 20.2. The van der Waals surface area contributed by atoms with Gasteiger partial charge in [0.1, 0.15) is 24.2 Å². The van der Waals surface area contributed by atoms with Gasteiger partial charge in [0.25, 0.3) is 0 Å². The third-order valence-electron chi connectivity index (χ3n) is 12.8. The lowest BCUT2D eigenvalue weighted by atomic mass is 9.97. The molecule has 14 heteroatoms. The maximum atomic E-state index is 13.7. The van der Waals surface area contributed by atoms with Gasteiger partial charge in [0, 0.05) is 18.2 Å². The van der Waals surface area contributed by atoms with Gasteiger partial charge in [-0.25, -0.2) is 19.6 Å². The van der Waals surface area contributed by atoms with Crippen molar-refractivity contribution in [2.75, 3.05) is 27.3 Å². The van der Waals surface area contributed by atoms with E-state index in [2.05, 4.69) is 86.0 Å². The number of hydrogen-bond acceptors (Lipinski definition) is 8. The third-order valence-corrected chi connectivity index (χ3v) is 12.8. The quantitative estimate of drug-likeness (QED) is 0.119. The molecule has 4 aliphatic rings. The molecule has 2 aliphatic heterocycles. The number of benzene rings is 3. The van der Waals surface area contributed by atoms with Crippen molar-refractivity contribution < 1.29 is 28.7 Å². The first-order valence-corrected chi connectivity index (χ1v) is 20.2. The number of fused-ring (bicyclic) bond motifs is 3. The predicted octanol–water partition coefficient (Wildman–Crippen LogP) is 6.88. The van der Waals surface area contributed by atoms with E-state index in [1.165, 1.54) is 14.2 Å². The largest absolute Gasteiger partial charge is 0.453 e. The zero-order chi connectivity index (χ0) is 40.1. The standard InChI is InChI=1S/C44H48N8O6/c1-4-33(50-43(56)58-3)41(54)51-24-44(15-16-44)20-36(51)39-45-22-35(48-39)30-12-11-28-17-27(9-10-29(28)18-30)25-5-7-26(8-6-25)34-21-46-40(49-34)38-31-13-14-32(19-31)52(38)37(53)23-47-42(55)57-2/h5-12,17-18,21-22,31-33,36,38H,4,13-16,19-20,23-24H2,1-3H3,(H,45,48)(H,46,49)(H,47,55)(H,50,56)/t31?,32?,33-,36-,38?/m0/s1. The molecule has 58 heavy (non-hydrogen) atoms. The Balaban J connectivity index is 0.885. The molecular formula is C44H48N8O6. The molecule has 1 spiro atoms. The highest BCUT2D eigenvalue weighted by molar-refractivity contribution is 5.91. The van der Waals surface area contributed by atoms with Crippen molar-refractivity contribution in [1.29, 1.82) is 0 Å². The molecule has 2 bridgehead atoms. The highest BCUT2D eigenvalue weighted by atomic mass is 16.5. The van der Waals surface area contributed by atoms with Gasteiger partial charge in [-0.2, -0.15) is 0 Å². The maximum Gasteiger partial charge on any atom is 0.407 e. The molecule has 4 fully saturated rings. The van der Waals surface area contributed by atoms with E-state index in [1.54, 1.807) is 0 Å². The minimum Gasteiger partial charge on any atom is -0.453 e. The van der Waals surface area contributed by atoms with Gasteiger partial charge >= 0.3 is 12.2 Å². The number of amides is 4. The molecular weight excluding hydrogens is 737 g/mol. The fraction of sp³-hybridized carbons (Fsp3) is 0.409. The number of alkyl carbamates (subject to hydrolysis) is 2. The lowest BCUT2D eigenvalue weighted by Crippen LogP contribution is -2.48. The minimum atomic E-state index is -0.653. The second-order valence-electron chi connectivity index (χ2n) is 16.3. The van der Waals surface area contributed by atoms with E-state index in [-0.39, 0.29) is 41.9 Å². The van der Waals surface area contributed by atoms with Crippen LogP contribution in [0.5, 0.6) is 0 Å². The van der Waals surface area contributed by atoms with E-state index in [0.717, 1.165) is 94.6 Å². The van der Waals surface area contributed by atoms with Crippen molar-refractivity contribution >= 4 is 34.8 Å². The molecule has 3 aromatic carbocycles. The summed E-state index contributed by atoms with van der Waals surface area (Å²) < 4.78 is 9.42. The number of piperidine rings is 1. The molecule has 5 aromatic rings. The average molecular weight is 785 g/mol. The van der Waals surface area contributed by atoms with Crippen molar-refractivity contribution in [3.8, 4) is 33.6 Å². The van der Waals surface area contributed by atoms with Crippen molar-refractivity contribution in [3.63, 3.8) is 0 Å². The summed E-state index contributed by atoms with van der Waals surface area (Å²) in [6.07, 6.45) is 8.92. The zero-order valence-corrected chi connectivity index (χ0v) is 32.9. The molecule has 3 unspecified atom stereocenters. The van der Waals surface area contributed by atoms with Crippen LogP contribution < -0.4 is 10.6 Å². The smallest absolute Gasteiger partial charge is 0.407 e. The van der Waals surface area contributed by atoms with Crippen LogP contribution in [0, 0.1) is 11.3 Å². The van der Waals surface area contributed by atoms with E-state index in [1.807, 2.05) is 29.1 Å². The molecule has 14 nitrogen and oxygen atoms in total. The van der Waals surface area contributed by atoms with Crippen LogP contribution in [0.2, 0.25) is 0 Å². The van der Waals surface area contributed by atoms with Crippen LogP contribution in [0.15, 0.2) is 73.1 Å². The Labute approximate surface area is 336 Å². The molecule has 4 heterocycles. The van der Waals surface area contributed by atoms with Crippen molar-refractivity contribution in [2.24, 2.45) is 11.3 Å². The number of imidazole rings is 2. The molecule has 0 radical (unpaired) electrons. The Morgan fingerprint density at radius 2 is 1.47 bits per heavy atom. The van der Waals surface area contributed by atoms with Crippen LogP contribution >= 0.6 is 0 Å². The summed E-state index contributed by atoms with van der Waals surface area (Å²) in [5.41, 5.74) is 6.11. The highest BCUT2D eigenvalue weighted by Gasteiger charge is 2.55. The number of aromatic nitrogens is 4. The number of rotatable bonds is 10. The van der Waals surface area contributed by atoms with Gasteiger partial charge in [0.2, 0.25) is 11.8 Å². The number of H-pyrrole nitrogens is 2. The van der Waals surface area contributed by atoms with Crippen LogP contribution in [-0.2, 0) is 19.1 Å². The molecule has 2 aliphatic carbocycles. The fourth-order valence-corrected chi connectivity index (χ4v) is 9.54. The van der Waals surface area contributed by atoms with Gasteiger partial charge in [-0.15, -0.1) is 0 Å². The van der Waals surface area contributed by atoms with Gasteiger partial charge in [-0.05, 0) is 95.9 Å². The molecule has 5 atom stereocenters. The Morgan fingerprint density at radius 3 is 2.17 bits per heavy atom. The third kappa shape index (κ3) is 6.94. The summed E-state index contributed by atoms with van der Waals surface area (Å²) >= 11 is 0. The second-order valence-corrected chi connectivity index (χ2v) is 16.3. The number of ether oxygens (including phenoxy) is 2. The number of hydrogen-bond donors (Lipinski definition) is 4. The van der Waals surface area contributed by atoms with Gasteiger partial charge in [-0.3, -0.25) is 9.59 Å². The summed E-state index contributed by atoms with van der Waals surface area (Å²) in [7, 11) is 2.58. The molecule has 4 amide bonds.